The van der Waals surface area contributed by atoms with Gasteiger partial charge in [0.2, 0.25) is 5.91 Å². The Hall–Kier alpha value is -2.35. The third-order valence-corrected chi connectivity index (χ3v) is 4.03. The minimum absolute atomic E-state index is 0.161. The van der Waals surface area contributed by atoms with Gasteiger partial charge in [-0.2, -0.15) is 13.2 Å². The number of halogens is 4. The van der Waals surface area contributed by atoms with Gasteiger partial charge in [-0.3, -0.25) is 9.59 Å². The highest BCUT2D eigenvalue weighted by Crippen LogP contribution is 2.16. The molecule has 0 aliphatic heterocycles. The molecule has 2 rings (SSSR count). The van der Waals surface area contributed by atoms with Gasteiger partial charge in [-0.1, -0.05) is 40.2 Å². The third-order valence-electron chi connectivity index (χ3n) is 3.50. The topological polar surface area (TPSA) is 58.2 Å². The van der Waals surface area contributed by atoms with Gasteiger partial charge in [0, 0.05) is 23.1 Å². The average Bonchev–Trinajstić information content (AvgIpc) is 2.59. The molecular formula is C18H16BrF3N2O2. The lowest BCUT2D eigenvalue weighted by atomic mass is 10.1. The summed E-state index contributed by atoms with van der Waals surface area (Å²) in [5.74, 6) is -2.14. The van der Waals surface area contributed by atoms with Crippen molar-refractivity contribution in [2.45, 2.75) is 25.6 Å². The van der Waals surface area contributed by atoms with Crippen molar-refractivity contribution in [3.8, 4) is 0 Å². The number of aryl methyl sites for hydroxylation is 1. The molecule has 2 aromatic carbocycles. The van der Waals surface area contributed by atoms with Crippen LogP contribution in [0.2, 0.25) is 0 Å². The number of carbonyl (C=O) groups excluding carboxylic acids is 2. The van der Waals surface area contributed by atoms with E-state index >= 15 is 0 Å². The Morgan fingerprint density at radius 1 is 0.923 bits per heavy atom. The number of rotatable bonds is 6. The van der Waals surface area contributed by atoms with Gasteiger partial charge in [-0.25, -0.2) is 0 Å². The lowest BCUT2D eigenvalue weighted by molar-refractivity contribution is -0.173. The molecule has 0 saturated heterocycles. The molecule has 138 valence electrons. The van der Waals surface area contributed by atoms with E-state index in [1.165, 1.54) is 0 Å². The third kappa shape index (κ3) is 6.51. The molecule has 0 aromatic heterocycles. The Morgan fingerprint density at radius 3 is 2.08 bits per heavy atom. The van der Waals surface area contributed by atoms with Gasteiger partial charge in [0.15, 0.2) is 0 Å². The van der Waals surface area contributed by atoms with Crippen molar-refractivity contribution in [3.05, 3.63) is 64.1 Å². The van der Waals surface area contributed by atoms with Crippen molar-refractivity contribution < 1.29 is 22.8 Å². The number of hydrogen-bond donors (Lipinski definition) is 2. The summed E-state index contributed by atoms with van der Waals surface area (Å²) in [6.07, 6.45) is -3.99. The van der Waals surface area contributed by atoms with Gasteiger partial charge in [0.05, 0.1) is 0 Å². The highest BCUT2D eigenvalue weighted by atomic mass is 79.9. The molecule has 0 spiro atoms. The number of hydrogen-bond acceptors (Lipinski definition) is 2. The fourth-order valence-corrected chi connectivity index (χ4v) is 2.39. The van der Waals surface area contributed by atoms with Crippen molar-refractivity contribution in [2.75, 3.05) is 5.32 Å². The van der Waals surface area contributed by atoms with Crippen LogP contribution < -0.4 is 10.6 Å². The van der Waals surface area contributed by atoms with Gasteiger partial charge in [-0.15, -0.1) is 0 Å². The normalized spacial score (nSPS) is 11.1. The molecule has 4 nitrogen and oxygen atoms in total. The van der Waals surface area contributed by atoms with Crippen LogP contribution in [0, 0.1) is 0 Å². The first-order valence-electron chi connectivity index (χ1n) is 7.72. The van der Waals surface area contributed by atoms with E-state index in [0.717, 1.165) is 10.0 Å². The maximum absolute atomic E-state index is 12.1. The van der Waals surface area contributed by atoms with Gasteiger partial charge < -0.3 is 10.6 Å². The van der Waals surface area contributed by atoms with Crippen molar-refractivity contribution >= 4 is 33.4 Å². The first-order chi connectivity index (χ1) is 12.2. The Balaban J connectivity index is 1.79. The van der Waals surface area contributed by atoms with Gasteiger partial charge >= 0.3 is 12.1 Å². The number of benzene rings is 2. The summed E-state index contributed by atoms with van der Waals surface area (Å²) < 4.78 is 37.3. The molecule has 0 radical (unpaired) electrons. The molecule has 0 heterocycles. The summed E-state index contributed by atoms with van der Waals surface area (Å²) in [4.78, 5) is 22.7. The Labute approximate surface area is 156 Å². The van der Waals surface area contributed by atoms with E-state index in [1.54, 1.807) is 29.6 Å². The Kier molecular flexibility index (Phi) is 6.79. The summed E-state index contributed by atoms with van der Waals surface area (Å²) in [6, 6.07) is 13.9. The highest BCUT2D eigenvalue weighted by Gasteiger charge is 2.38. The average molecular weight is 429 g/mol. The Bertz CT molecular complexity index is 760. The second kappa shape index (κ2) is 8.84. The zero-order valence-electron chi connectivity index (χ0n) is 13.6. The van der Waals surface area contributed by atoms with E-state index in [4.69, 9.17) is 0 Å². The van der Waals surface area contributed by atoms with Crippen LogP contribution in [-0.2, 0) is 22.6 Å². The molecule has 2 amide bonds. The van der Waals surface area contributed by atoms with Crippen LogP contribution in [0.25, 0.3) is 0 Å². The SMILES string of the molecule is O=C(CCc1ccc(Br)cc1)Nc1ccc(CNC(=O)C(F)(F)F)cc1. The fourth-order valence-electron chi connectivity index (χ4n) is 2.12. The van der Waals surface area contributed by atoms with Crippen molar-refractivity contribution in [3.63, 3.8) is 0 Å². The molecule has 0 aliphatic rings. The van der Waals surface area contributed by atoms with E-state index < -0.39 is 12.1 Å². The van der Waals surface area contributed by atoms with E-state index in [2.05, 4.69) is 21.2 Å². The van der Waals surface area contributed by atoms with Crippen LogP contribution in [0.5, 0.6) is 0 Å². The number of nitrogens with one attached hydrogen (secondary N) is 2. The van der Waals surface area contributed by atoms with Gasteiger partial charge in [0.1, 0.15) is 0 Å². The van der Waals surface area contributed by atoms with Crippen LogP contribution in [0.4, 0.5) is 18.9 Å². The molecule has 2 aromatic rings. The van der Waals surface area contributed by atoms with E-state index in [9.17, 15) is 22.8 Å². The quantitative estimate of drug-likeness (QED) is 0.724. The van der Waals surface area contributed by atoms with Gasteiger partial charge in [0.25, 0.3) is 0 Å². The predicted octanol–water partition coefficient (Wildman–Crippen LogP) is 4.20. The van der Waals surface area contributed by atoms with Crippen LogP contribution in [0.15, 0.2) is 53.0 Å². The molecule has 0 fully saturated rings. The van der Waals surface area contributed by atoms with Crippen LogP contribution in [0.1, 0.15) is 17.5 Å². The van der Waals surface area contributed by atoms with Crippen molar-refractivity contribution in [2.24, 2.45) is 0 Å². The number of carbonyl (C=O) groups is 2. The zero-order valence-corrected chi connectivity index (χ0v) is 15.2. The highest BCUT2D eigenvalue weighted by molar-refractivity contribution is 9.10. The van der Waals surface area contributed by atoms with E-state index in [1.807, 2.05) is 24.3 Å². The fraction of sp³-hybridized carbons (Fsp3) is 0.222. The monoisotopic (exact) mass is 428 g/mol. The Morgan fingerprint density at radius 2 is 1.50 bits per heavy atom. The molecule has 0 saturated carbocycles. The molecule has 0 aliphatic carbocycles. The first-order valence-corrected chi connectivity index (χ1v) is 8.51. The molecule has 0 atom stereocenters. The van der Waals surface area contributed by atoms with Crippen molar-refractivity contribution in [1.82, 2.24) is 5.32 Å². The van der Waals surface area contributed by atoms with Gasteiger partial charge in [-0.05, 0) is 41.8 Å². The number of alkyl halides is 3. The molecule has 2 N–H and O–H groups in total. The lowest BCUT2D eigenvalue weighted by Gasteiger charge is -2.09. The second-order valence-electron chi connectivity index (χ2n) is 5.55. The summed E-state index contributed by atoms with van der Waals surface area (Å²) in [7, 11) is 0. The van der Waals surface area contributed by atoms with E-state index in [-0.39, 0.29) is 12.5 Å². The summed E-state index contributed by atoms with van der Waals surface area (Å²) in [5, 5.41) is 4.51. The maximum atomic E-state index is 12.1. The minimum atomic E-state index is -4.90. The second-order valence-corrected chi connectivity index (χ2v) is 6.47. The van der Waals surface area contributed by atoms with Crippen LogP contribution in [0.3, 0.4) is 0 Å². The summed E-state index contributed by atoms with van der Waals surface area (Å²) in [6.45, 7) is -0.240. The number of anilines is 1. The number of amides is 2. The predicted molar refractivity (Wildman–Crippen MR) is 95.4 cm³/mol. The molecule has 26 heavy (non-hydrogen) atoms. The smallest absolute Gasteiger partial charge is 0.344 e. The molecule has 8 heteroatoms. The lowest BCUT2D eigenvalue weighted by Crippen LogP contribution is -2.36. The molecular weight excluding hydrogens is 413 g/mol. The van der Waals surface area contributed by atoms with E-state index in [0.29, 0.717) is 24.1 Å². The minimum Gasteiger partial charge on any atom is -0.344 e. The van der Waals surface area contributed by atoms with Crippen LogP contribution >= 0.6 is 15.9 Å². The molecule has 0 unspecified atom stereocenters. The largest absolute Gasteiger partial charge is 0.471 e. The van der Waals surface area contributed by atoms with Crippen LogP contribution in [-0.4, -0.2) is 18.0 Å². The van der Waals surface area contributed by atoms with Crippen molar-refractivity contribution in [1.29, 1.82) is 0 Å². The zero-order chi connectivity index (χ0) is 19.2. The summed E-state index contributed by atoms with van der Waals surface area (Å²) in [5.41, 5.74) is 2.08. The maximum Gasteiger partial charge on any atom is 0.471 e. The first kappa shape index (κ1) is 20.0. The summed E-state index contributed by atoms with van der Waals surface area (Å²) >= 11 is 3.35. The molecule has 0 bridgehead atoms. The standard InChI is InChI=1S/C18H16BrF3N2O2/c19-14-6-1-12(2-7-14)5-10-16(25)24-15-8-3-13(4-9-15)11-23-17(26)18(20,21)22/h1-4,6-9H,5,10-11H2,(H,23,26)(H,24,25).